The van der Waals surface area contributed by atoms with Crippen LogP contribution in [0.3, 0.4) is 0 Å². The molecule has 0 saturated heterocycles. The van der Waals surface area contributed by atoms with Crippen LogP contribution < -0.4 is 16.2 Å². The van der Waals surface area contributed by atoms with Gasteiger partial charge in [0.15, 0.2) is 12.4 Å². The summed E-state index contributed by atoms with van der Waals surface area (Å²) < 4.78 is 6.53. The minimum Gasteiger partial charge on any atom is -0.484 e. The molecule has 2 heterocycles. The van der Waals surface area contributed by atoms with Crippen LogP contribution in [0.1, 0.15) is 16.2 Å². The van der Waals surface area contributed by atoms with Crippen LogP contribution in [-0.2, 0) is 22.7 Å². The van der Waals surface area contributed by atoms with Gasteiger partial charge in [-0.05, 0) is 24.3 Å². The van der Waals surface area contributed by atoms with Gasteiger partial charge in [-0.1, -0.05) is 0 Å². The summed E-state index contributed by atoms with van der Waals surface area (Å²) in [6, 6.07) is 4.65. The first-order chi connectivity index (χ1) is 12.4. The van der Waals surface area contributed by atoms with E-state index in [0.29, 0.717) is 11.3 Å². The molecule has 11 nitrogen and oxygen atoms in total. The Hall–Kier alpha value is -3.63. The van der Waals surface area contributed by atoms with E-state index in [4.69, 9.17) is 10.5 Å². The number of hydrogen-bond donors (Lipinski definition) is 3. The summed E-state index contributed by atoms with van der Waals surface area (Å²) in [6.07, 6.45) is 0. The van der Waals surface area contributed by atoms with Gasteiger partial charge in [-0.25, -0.2) is 14.7 Å². The Balaban J connectivity index is 1.70. The van der Waals surface area contributed by atoms with Crippen molar-refractivity contribution < 1.29 is 24.2 Å². The predicted octanol–water partition coefficient (Wildman–Crippen LogP) is -1.46. The first kappa shape index (κ1) is 17.2. The minimum absolute atomic E-state index is 0.126. The van der Waals surface area contributed by atoms with E-state index in [0.717, 1.165) is 4.90 Å². The number of aromatic amines is 1. The summed E-state index contributed by atoms with van der Waals surface area (Å²) in [4.78, 5) is 47.6. The van der Waals surface area contributed by atoms with Gasteiger partial charge < -0.3 is 20.5 Å². The Morgan fingerprint density at radius 2 is 2.00 bits per heavy atom. The van der Waals surface area contributed by atoms with Crippen molar-refractivity contribution in [2.24, 2.45) is 5.73 Å². The second-order valence-corrected chi connectivity index (χ2v) is 5.61. The van der Waals surface area contributed by atoms with E-state index in [1.807, 2.05) is 0 Å². The van der Waals surface area contributed by atoms with Crippen LogP contribution in [0.5, 0.6) is 5.75 Å². The molecule has 136 valence electrons. The van der Waals surface area contributed by atoms with Crippen molar-refractivity contribution in [3.63, 3.8) is 0 Å². The Morgan fingerprint density at radius 1 is 1.31 bits per heavy atom. The lowest BCUT2D eigenvalue weighted by molar-refractivity contribution is -0.153. The van der Waals surface area contributed by atoms with E-state index >= 15 is 0 Å². The highest BCUT2D eigenvalue weighted by Gasteiger charge is 2.36. The third kappa shape index (κ3) is 3.27. The average Bonchev–Trinajstić information content (AvgIpc) is 2.99. The molecule has 11 heteroatoms. The van der Waals surface area contributed by atoms with Gasteiger partial charge in [0.1, 0.15) is 11.8 Å². The molecule has 3 rings (SSSR count). The number of aromatic nitrogens is 3. The van der Waals surface area contributed by atoms with Crippen LogP contribution >= 0.6 is 0 Å². The molecule has 0 radical (unpaired) electrons. The lowest BCUT2D eigenvalue weighted by Gasteiger charge is -2.32. The van der Waals surface area contributed by atoms with E-state index in [-0.39, 0.29) is 18.9 Å². The molecule has 26 heavy (non-hydrogen) atoms. The van der Waals surface area contributed by atoms with Crippen LogP contribution in [0, 0.1) is 0 Å². The maximum absolute atomic E-state index is 12.4. The number of carboxylic acid groups (broad SMARTS) is 1. The summed E-state index contributed by atoms with van der Waals surface area (Å²) in [7, 11) is 0. The number of primary amides is 1. The van der Waals surface area contributed by atoms with E-state index in [1.165, 1.54) is 28.8 Å². The van der Waals surface area contributed by atoms with Crippen molar-refractivity contribution in [2.75, 3.05) is 6.61 Å². The molecule has 1 atom stereocenters. The van der Waals surface area contributed by atoms with Crippen molar-refractivity contribution in [3.8, 4) is 5.75 Å². The number of carboxylic acids is 1. The normalized spacial score (nSPS) is 16.0. The maximum Gasteiger partial charge on any atom is 0.343 e. The van der Waals surface area contributed by atoms with Gasteiger partial charge >= 0.3 is 11.7 Å². The van der Waals surface area contributed by atoms with Crippen LogP contribution in [0.25, 0.3) is 0 Å². The maximum atomic E-state index is 12.4. The van der Waals surface area contributed by atoms with Gasteiger partial charge in [0, 0.05) is 5.56 Å². The van der Waals surface area contributed by atoms with E-state index in [1.54, 1.807) is 0 Å². The van der Waals surface area contributed by atoms with Crippen LogP contribution in [-0.4, -0.2) is 55.2 Å². The average molecular weight is 361 g/mol. The molecule has 0 spiro atoms. The minimum atomic E-state index is -1.23. The van der Waals surface area contributed by atoms with Crippen molar-refractivity contribution in [2.45, 2.75) is 19.1 Å². The standard InChI is InChI=1S/C15H15N5O6/c16-13(22)8-1-3-9(4-2-8)26-7-12(21)19-6-11-17-18-15(25)20(11)5-10(19)14(23)24/h1-4,10H,5-7H2,(H2,16,22)(H,18,25)(H,23,24). The predicted molar refractivity (Wildman–Crippen MR) is 85.3 cm³/mol. The molecule has 0 bridgehead atoms. The Kier molecular flexibility index (Phi) is 4.43. The number of carbonyl (C=O) groups excluding carboxylic acids is 2. The van der Waals surface area contributed by atoms with Crippen molar-refractivity contribution in [1.82, 2.24) is 19.7 Å². The topological polar surface area (TPSA) is 161 Å². The molecule has 0 saturated carbocycles. The third-order valence-electron chi connectivity index (χ3n) is 3.99. The van der Waals surface area contributed by atoms with E-state index < -0.39 is 36.1 Å². The van der Waals surface area contributed by atoms with Crippen molar-refractivity contribution in [1.29, 1.82) is 0 Å². The van der Waals surface area contributed by atoms with Crippen LogP contribution in [0.2, 0.25) is 0 Å². The number of aliphatic carboxylic acids is 1. The number of rotatable bonds is 5. The number of amides is 2. The van der Waals surface area contributed by atoms with E-state index in [2.05, 4.69) is 10.2 Å². The summed E-state index contributed by atoms with van der Waals surface area (Å²) in [5.74, 6) is -1.80. The van der Waals surface area contributed by atoms with Crippen LogP contribution in [0.15, 0.2) is 29.1 Å². The number of ether oxygens (including phenoxy) is 1. The number of carbonyl (C=O) groups is 3. The van der Waals surface area contributed by atoms with Gasteiger partial charge in [0.05, 0.1) is 13.1 Å². The fraction of sp³-hybridized carbons (Fsp3) is 0.267. The molecule has 1 aromatic carbocycles. The quantitative estimate of drug-likeness (QED) is 0.586. The molecular formula is C15H15N5O6. The zero-order valence-electron chi connectivity index (χ0n) is 13.4. The van der Waals surface area contributed by atoms with Crippen molar-refractivity contribution in [3.05, 3.63) is 46.1 Å². The number of H-pyrrole nitrogens is 1. The van der Waals surface area contributed by atoms with Crippen molar-refractivity contribution >= 4 is 17.8 Å². The smallest absolute Gasteiger partial charge is 0.343 e. The highest BCUT2D eigenvalue weighted by Crippen LogP contribution is 2.16. The Bertz CT molecular complexity index is 915. The van der Waals surface area contributed by atoms with Gasteiger partial charge in [-0.2, -0.15) is 5.10 Å². The lowest BCUT2D eigenvalue weighted by Crippen LogP contribution is -2.53. The second-order valence-electron chi connectivity index (χ2n) is 5.61. The van der Waals surface area contributed by atoms with Gasteiger partial charge in [-0.15, -0.1) is 0 Å². The number of nitrogens with one attached hydrogen (secondary N) is 1. The molecule has 2 aromatic rings. The highest BCUT2D eigenvalue weighted by molar-refractivity contribution is 5.92. The molecular weight excluding hydrogens is 346 g/mol. The first-order valence-corrected chi connectivity index (χ1v) is 7.56. The molecule has 2 amide bonds. The number of nitrogens with two attached hydrogens (primary N) is 1. The molecule has 1 aliphatic heterocycles. The first-order valence-electron chi connectivity index (χ1n) is 7.56. The Labute approximate surface area is 146 Å². The van der Waals surface area contributed by atoms with Gasteiger partial charge in [-0.3, -0.25) is 14.2 Å². The molecule has 4 N–H and O–H groups in total. The van der Waals surface area contributed by atoms with Gasteiger partial charge in [0.25, 0.3) is 5.91 Å². The summed E-state index contributed by atoms with van der Waals surface area (Å²) in [6.45, 7) is -0.730. The Morgan fingerprint density at radius 3 is 2.62 bits per heavy atom. The highest BCUT2D eigenvalue weighted by atomic mass is 16.5. The number of fused-ring (bicyclic) bond motifs is 1. The fourth-order valence-corrected chi connectivity index (χ4v) is 2.61. The second kappa shape index (κ2) is 6.70. The fourth-order valence-electron chi connectivity index (χ4n) is 2.61. The SMILES string of the molecule is NC(=O)c1ccc(OCC(=O)N2Cc3n[nH]c(=O)n3CC2C(=O)O)cc1. The number of hydrogen-bond acceptors (Lipinski definition) is 6. The van der Waals surface area contributed by atoms with Crippen LogP contribution in [0.4, 0.5) is 0 Å². The van der Waals surface area contributed by atoms with E-state index in [9.17, 15) is 24.3 Å². The third-order valence-corrected chi connectivity index (χ3v) is 3.99. The molecule has 1 aliphatic rings. The number of benzene rings is 1. The zero-order chi connectivity index (χ0) is 18.8. The molecule has 1 unspecified atom stereocenters. The summed E-state index contributed by atoms with van der Waals surface area (Å²) in [5.41, 5.74) is 4.91. The zero-order valence-corrected chi connectivity index (χ0v) is 13.4. The molecule has 0 fully saturated rings. The molecule has 0 aliphatic carbocycles. The van der Waals surface area contributed by atoms with Gasteiger partial charge in [0.2, 0.25) is 5.91 Å². The largest absolute Gasteiger partial charge is 0.484 e. The monoisotopic (exact) mass is 361 g/mol. The summed E-state index contributed by atoms with van der Waals surface area (Å²) >= 11 is 0. The molecule has 1 aromatic heterocycles. The summed E-state index contributed by atoms with van der Waals surface area (Å²) in [5, 5.41) is 15.4. The lowest BCUT2D eigenvalue weighted by atomic mass is 10.2. The number of nitrogens with zero attached hydrogens (tertiary/aromatic N) is 3.